The minimum atomic E-state index is 0.0284. The Balaban J connectivity index is 2.47. The molecule has 0 aliphatic heterocycles. The number of hydrogen-bond donors (Lipinski definition) is 2. The molecule has 0 aromatic carbocycles. The van der Waals surface area contributed by atoms with Crippen LogP contribution in [-0.4, -0.2) is 39.3 Å². The Kier molecular flexibility index (Phi) is 4.11. The normalized spacial score (nSPS) is 11.8. The summed E-state index contributed by atoms with van der Waals surface area (Å²) in [6.45, 7) is 9.58. The van der Waals surface area contributed by atoms with E-state index < -0.39 is 0 Å². The molecule has 0 amide bonds. The van der Waals surface area contributed by atoms with Gasteiger partial charge in [-0.2, -0.15) is 15.1 Å². The highest BCUT2D eigenvalue weighted by molar-refractivity contribution is 5.87. The molecule has 0 fully saturated rings. The van der Waals surface area contributed by atoms with Crippen LogP contribution in [0.5, 0.6) is 0 Å². The second-order valence-electron chi connectivity index (χ2n) is 5.65. The summed E-state index contributed by atoms with van der Waals surface area (Å²) in [4.78, 5) is 11.3. The van der Waals surface area contributed by atoms with Gasteiger partial charge in [-0.15, -0.1) is 0 Å². The number of aromatic nitrogens is 4. The van der Waals surface area contributed by atoms with E-state index in [9.17, 15) is 0 Å². The molecule has 0 saturated carbocycles. The van der Waals surface area contributed by atoms with Crippen LogP contribution in [-0.2, 0) is 0 Å². The summed E-state index contributed by atoms with van der Waals surface area (Å²) in [6, 6.07) is 0. The third kappa shape index (κ3) is 2.69. The second-order valence-corrected chi connectivity index (χ2v) is 5.65. The molecule has 2 N–H and O–H groups in total. The quantitative estimate of drug-likeness (QED) is 0.849. The van der Waals surface area contributed by atoms with Gasteiger partial charge in [0.15, 0.2) is 5.65 Å². The van der Waals surface area contributed by atoms with E-state index in [1.54, 1.807) is 6.20 Å². The highest BCUT2D eigenvalue weighted by atomic mass is 15.3. The van der Waals surface area contributed by atoms with Crippen LogP contribution in [0.3, 0.4) is 0 Å². The topological polar surface area (TPSA) is 69.7 Å². The Labute approximate surface area is 120 Å². The maximum atomic E-state index is 4.67. The van der Waals surface area contributed by atoms with E-state index in [0.717, 1.165) is 36.2 Å². The first-order chi connectivity index (χ1) is 9.49. The monoisotopic (exact) mass is 276 g/mol. The standard InChI is InChI=1S/C14H24N6/c1-6-8-15-13-17-11-10(9-16-19-11)12(18-13)20(5)14(3,4)7-2/h9H,6-8H2,1-5H3,(H2,15,16,17,18,19). The molecule has 20 heavy (non-hydrogen) atoms. The maximum Gasteiger partial charge on any atom is 0.226 e. The minimum absolute atomic E-state index is 0.0284. The van der Waals surface area contributed by atoms with E-state index in [-0.39, 0.29) is 5.54 Å². The van der Waals surface area contributed by atoms with Gasteiger partial charge < -0.3 is 10.2 Å². The van der Waals surface area contributed by atoms with Gasteiger partial charge >= 0.3 is 0 Å². The fourth-order valence-corrected chi connectivity index (χ4v) is 1.92. The van der Waals surface area contributed by atoms with Crippen molar-refractivity contribution in [3.8, 4) is 0 Å². The molecule has 0 saturated heterocycles. The number of nitrogens with one attached hydrogen (secondary N) is 2. The van der Waals surface area contributed by atoms with Crippen LogP contribution in [0.1, 0.15) is 40.5 Å². The third-order valence-corrected chi connectivity index (χ3v) is 3.91. The molecule has 2 rings (SSSR count). The first-order valence-electron chi connectivity index (χ1n) is 7.18. The number of aromatic amines is 1. The van der Waals surface area contributed by atoms with Crippen LogP contribution >= 0.6 is 0 Å². The molecular formula is C14H24N6. The van der Waals surface area contributed by atoms with Crippen molar-refractivity contribution in [2.24, 2.45) is 0 Å². The van der Waals surface area contributed by atoms with Gasteiger partial charge in [0.05, 0.1) is 11.6 Å². The molecule has 0 spiro atoms. The zero-order valence-corrected chi connectivity index (χ0v) is 13.0. The summed E-state index contributed by atoms with van der Waals surface area (Å²) in [5.74, 6) is 1.56. The van der Waals surface area contributed by atoms with Gasteiger partial charge in [0.2, 0.25) is 5.95 Å². The second kappa shape index (κ2) is 5.64. The summed E-state index contributed by atoms with van der Waals surface area (Å²) in [6.07, 6.45) is 3.86. The van der Waals surface area contributed by atoms with Crippen molar-refractivity contribution < 1.29 is 0 Å². The van der Waals surface area contributed by atoms with Crippen LogP contribution in [0.2, 0.25) is 0 Å². The molecule has 0 bridgehead atoms. The molecule has 0 aliphatic carbocycles. The van der Waals surface area contributed by atoms with E-state index in [1.807, 2.05) is 0 Å². The number of nitrogens with zero attached hydrogens (tertiary/aromatic N) is 4. The van der Waals surface area contributed by atoms with Crippen molar-refractivity contribution in [2.45, 2.75) is 46.1 Å². The zero-order valence-electron chi connectivity index (χ0n) is 13.0. The fourth-order valence-electron chi connectivity index (χ4n) is 1.92. The summed E-state index contributed by atoms with van der Waals surface area (Å²) in [5, 5.41) is 11.2. The smallest absolute Gasteiger partial charge is 0.226 e. The fraction of sp³-hybridized carbons (Fsp3) is 0.643. The van der Waals surface area contributed by atoms with Gasteiger partial charge in [-0.05, 0) is 26.7 Å². The number of fused-ring (bicyclic) bond motifs is 1. The van der Waals surface area contributed by atoms with Crippen molar-refractivity contribution in [3.05, 3.63) is 6.20 Å². The minimum Gasteiger partial charge on any atom is -0.354 e. The van der Waals surface area contributed by atoms with Crippen molar-refractivity contribution in [2.75, 3.05) is 23.8 Å². The predicted molar refractivity (Wildman–Crippen MR) is 83.2 cm³/mol. The molecule has 0 atom stereocenters. The molecule has 6 nitrogen and oxygen atoms in total. The molecule has 2 heterocycles. The summed E-state index contributed by atoms with van der Waals surface area (Å²) in [7, 11) is 2.07. The first kappa shape index (κ1) is 14.6. The van der Waals surface area contributed by atoms with Crippen molar-refractivity contribution in [1.82, 2.24) is 20.2 Å². The van der Waals surface area contributed by atoms with E-state index >= 15 is 0 Å². The molecule has 0 radical (unpaired) electrons. The average Bonchev–Trinajstić information content (AvgIpc) is 2.91. The number of hydrogen-bond acceptors (Lipinski definition) is 5. The predicted octanol–water partition coefficient (Wildman–Crippen LogP) is 2.80. The number of rotatable bonds is 6. The Morgan fingerprint density at radius 3 is 2.70 bits per heavy atom. The lowest BCUT2D eigenvalue weighted by Gasteiger charge is -2.36. The zero-order chi connectivity index (χ0) is 14.8. The van der Waals surface area contributed by atoms with Gasteiger partial charge in [0.25, 0.3) is 0 Å². The maximum absolute atomic E-state index is 4.67. The molecule has 110 valence electrons. The van der Waals surface area contributed by atoms with Crippen molar-refractivity contribution in [1.29, 1.82) is 0 Å². The molecule has 6 heteroatoms. The van der Waals surface area contributed by atoms with Crippen LogP contribution in [0, 0.1) is 0 Å². The lowest BCUT2D eigenvalue weighted by atomic mass is 10.00. The highest BCUT2D eigenvalue weighted by Crippen LogP contribution is 2.29. The van der Waals surface area contributed by atoms with Gasteiger partial charge in [-0.25, -0.2) is 0 Å². The van der Waals surface area contributed by atoms with Crippen molar-refractivity contribution >= 4 is 22.8 Å². The van der Waals surface area contributed by atoms with E-state index in [4.69, 9.17) is 0 Å². The van der Waals surface area contributed by atoms with Crippen LogP contribution < -0.4 is 10.2 Å². The SMILES string of the molecule is CCCNc1nc(N(C)C(C)(C)CC)c2cn[nH]c2n1. The molecule has 0 aliphatic rings. The molecule has 0 unspecified atom stereocenters. The Morgan fingerprint density at radius 2 is 2.05 bits per heavy atom. The summed E-state index contributed by atoms with van der Waals surface area (Å²) in [5.41, 5.74) is 0.799. The number of H-pyrrole nitrogens is 1. The average molecular weight is 276 g/mol. The molecule has 2 aromatic rings. The molecule has 2 aromatic heterocycles. The van der Waals surface area contributed by atoms with Gasteiger partial charge in [0, 0.05) is 19.1 Å². The largest absolute Gasteiger partial charge is 0.354 e. The Hall–Kier alpha value is -1.85. The third-order valence-electron chi connectivity index (χ3n) is 3.91. The van der Waals surface area contributed by atoms with Crippen molar-refractivity contribution in [3.63, 3.8) is 0 Å². The van der Waals surface area contributed by atoms with Gasteiger partial charge in [-0.1, -0.05) is 13.8 Å². The van der Waals surface area contributed by atoms with E-state index in [0.29, 0.717) is 5.95 Å². The van der Waals surface area contributed by atoms with E-state index in [2.05, 4.69) is 65.1 Å². The number of anilines is 2. The molecular weight excluding hydrogens is 252 g/mol. The van der Waals surface area contributed by atoms with Crippen LogP contribution in [0.25, 0.3) is 11.0 Å². The van der Waals surface area contributed by atoms with Gasteiger partial charge in [0.1, 0.15) is 5.82 Å². The van der Waals surface area contributed by atoms with E-state index in [1.165, 1.54) is 0 Å². The van der Waals surface area contributed by atoms with Crippen LogP contribution in [0.15, 0.2) is 6.20 Å². The summed E-state index contributed by atoms with van der Waals surface area (Å²) < 4.78 is 0. The Morgan fingerprint density at radius 1 is 1.30 bits per heavy atom. The lowest BCUT2D eigenvalue weighted by molar-refractivity contribution is 0.468. The van der Waals surface area contributed by atoms with Crippen LogP contribution in [0.4, 0.5) is 11.8 Å². The Bertz CT molecular complexity index is 574. The first-order valence-corrected chi connectivity index (χ1v) is 7.18. The summed E-state index contributed by atoms with van der Waals surface area (Å²) >= 11 is 0. The lowest BCUT2D eigenvalue weighted by Crippen LogP contribution is -2.41. The van der Waals surface area contributed by atoms with Gasteiger partial charge in [-0.3, -0.25) is 5.10 Å². The highest BCUT2D eigenvalue weighted by Gasteiger charge is 2.25.